The molecule has 34 heavy (non-hydrogen) atoms. The van der Waals surface area contributed by atoms with Crippen LogP contribution in [0.2, 0.25) is 0 Å². The molecule has 2 aliphatic rings. The number of likely N-dealkylation sites (N-methyl/N-ethyl adjacent to an activating group) is 1. The maximum absolute atomic E-state index is 11.0. The Bertz CT molecular complexity index is 1270. The van der Waals surface area contributed by atoms with Crippen LogP contribution >= 0.6 is 0 Å². The molecule has 0 radical (unpaired) electrons. The summed E-state index contributed by atoms with van der Waals surface area (Å²) >= 11 is 0. The Balaban J connectivity index is 1.66. The Morgan fingerprint density at radius 2 is 1.97 bits per heavy atom. The van der Waals surface area contributed by atoms with Crippen molar-refractivity contribution >= 4 is 28.8 Å². The van der Waals surface area contributed by atoms with Gasteiger partial charge in [0.25, 0.3) is 6.01 Å². The van der Waals surface area contributed by atoms with Gasteiger partial charge in [-0.1, -0.05) is 30.3 Å². The maximum atomic E-state index is 11.0. The minimum absolute atomic E-state index is 0.0865. The van der Waals surface area contributed by atoms with E-state index in [1.165, 1.54) is 0 Å². The molecule has 1 atom stereocenters. The summed E-state index contributed by atoms with van der Waals surface area (Å²) in [5.41, 5.74) is 5.69. The first-order chi connectivity index (χ1) is 16.4. The van der Waals surface area contributed by atoms with Crippen molar-refractivity contribution in [2.75, 3.05) is 50.1 Å². The SMILES string of the molecule is Cc1c(-c2ccccc2)c(N2CCC(N(C)C)C2)c2oc(N3CC(CC(=O)O)C3)nc2c1C#N. The monoisotopic (exact) mass is 459 g/mol. The first kappa shape index (κ1) is 22.2. The van der Waals surface area contributed by atoms with Gasteiger partial charge in [-0.2, -0.15) is 10.2 Å². The van der Waals surface area contributed by atoms with E-state index in [0.29, 0.717) is 41.8 Å². The Labute approximate surface area is 199 Å². The van der Waals surface area contributed by atoms with Gasteiger partial charge in [-0.05, 0) is 38.6 Å². The Morgan fingerprint density at radius 1 is 1.24 bits per heavy atom. The van der Waals surface area contributed by atoms with Gasteiger partial charge in [0, 0.05) is 43.7 Å². The van der Waals surface area contributed by atoms with E-state index in [4.69, 9.17) is 14.5 Å². The smallest absolute Gasteiger partial charge is 0.303 e. The molecule has 8 nitrogen and oxygen atoms in total. The Morgan fingerprint density at radius 3 is 2.59 bits per heavy atom. The van der Waals surface area contributed by atoms with Gasteiger partial charge in [-0.3, -0.25) is 4.79 Å². The molecule has 1 aromatic heterocycles. The van der Waals surface area contributed by atoms with E-state index in [2.05, 4.69) is 42.1 Å². The van der Waals surface area contributed by atoms with Crippen LogP contribution < -0.4 is 9.80 Å². The van der Waals surface area contributed by atoms with Gasteiger partial charge in [-0.15, -0.1) is 0 Å². The molecule has 0 aliphatic carbocycles. The molecule has 2 saturated heterocycles. The van der Waals surface area contributed by atoms with E-state index < -0.39 is 5.97 Å². The zero-order valence-corrected chi connectivity index (χ0v) is 19.8. The summed E-state index contributed by atoms with van der Waals surface area (Å²) in [7, 11) is 4.21. The average Bonchev–Trinajstić information content (AvgIpc) is 3.43. The molecule has 3 aromatic rings. The molecular weight excluding hydrogens is 430 g/mol. The maximum Gasteiger partial charge on any atom is 0.303 e. The van der Waals surface area contributed by atoms with Crippen LogP contribution in [0.15, 0.2) is 34.7 Å². The molecular formula is C26H29N5O3. The highest BCUT2D eigenvalue weighted by Crippen LogP contribution is 2.45. The fourth-order valence-electron chi connectivity index (χ4n) is 5.23. The molecule has 2 aliphatic heterocycles. The van der Waals surface area contributed by atoms with Gasteiger partial charge in [0.2, 0.25) is 0 Å². The number of fused-ring (bicyclic) bond motifs is 1. The number of aliphatic carboxylic acids is 1. The van der Waals surface area contributed by atoms with Crippen molar-refractivity contribution in [2.45, 2.75) is 25.8 Å². The molecule has 5 rings (SSSR count). The van der Waals surface area contributed by atoms with Gasteiger partial charge in [0.15, 0.2) is 5.58 Å². The van der Waals surface area contributed by atoms with Crippen LogP contribution in [0, 0.1) is 24.2 Å². The molecule has 0 saturated carbocycles. The number of carbonyl (C=O) groups is 1. The second-order valence-electron chi connectivity index (χ2n) is 9.60. The molecule has 2 aromatic carbocycles. The largest absolute Gasteiger partial charge is 0.481 e. The van der Waals surface area contributed by atoms with E-state index in [1.807, 2.05) is 30.0 Å². The van der Waals surface area contributed by atoms with Crippen molar-refractivity contribution < 1.29 is 14.3 Å². The molecule has 1 unspecified atom stereocenters. The first-order valence-electron chi connectivity index (χ1n) is 11.7. The van der Waals surface area contributed by atoms with Crippen LogP contribution in [-0.2, 0) is 4.79 Å². The van der Waals surface area contributed by atoms with E-state index in [9.17, 15) is 10.1 Å². The van der Waals surface area contributed by atoms with Crippen molar-refractivity contribution in [1.82, 2.24) is 9.88 Å². The van der Waals surface area contributed by atoms with Crippen molar-refractivity contribution in [1.29, 1.82) is 5.26 Å². The van der Waals surface area contributed by atoms with Crippen LogP contribution in [0.3, 0.4) is 0 Å². The number of aromatic nitrogens is 1. The van der Waals surface area contributed by atoms with E-state index >= 15 is 0 Å². The van der Waals surface area contributed by atoms with Gasteiger partial charge >= 0.3 is 5.97 Å². The van der Waals surface area contributed by atoms with E-state index in [1.54, 1.807) is 0 Å². The minimum atomic E-state index is -0.788. The number of benzene rings is 2. The lowest BCUT2D eigenvalue weighted by Gasteiger charge is -2.37. The number of hydrogen-bond donors (Lipinski definition) is 1. The molecule has 176 valence electrons. The van der Waals surface area contributed by atoms with E-state index in [-0.39, 0.29) is 12.3 Å². The molecule has 2 fully saturated rings. The van der Waals surface area contributed by atoms with Gasteiger partial charge in [-0.25, -0.2) is 0 Å². The second-order valence-corrected chi connectivity index (χ2v) is 9.60. The highest BCUT2D eigenvalue weighted by Gasteiger charge is 2.35. The fraction of sp³-hybridized carbons (Fsp3) is 0.423. The summed E-state index contributed by atoms with van der Waals surface area (Å²) in [5.74, 6) is -0.702. The number of anilines is 2. The lowest BCUT2D eigenvalue weighted by atomic mass is 9.93. The van der Waals surface area contributed by atoms with Crippen molar-refractivity contribution in [3.05, 3.63) is 41.5 Å². The third kappa shape index (κ3) is 3.76. The summed E-state index contributed by atoms with van der Waals surface area (Å²) < 4.78 is 6.39. The predicted molar refractivity (Wildman–Crippen MR) is 131 cm³/mol. The topological polar surface area (TPSA) is 96.8 Å². The highest BCUT2D eigenvalue weighted by molar-refractivity contribution is 6.03. The highest BCUT2D eigenvalue weighted by atomic mass is 16.4. The number of carboxylic acid groups (broad SMARTS) is 1. The number of rotatable bonds is 6. The van der Waals surface area contributed by atoms with E-state index in [0.717, 1.165) is 41.9 Å². The standard InChI is InChI=1S/C26H29N5O3/c1-16-20(12-27)23-25(34-26(28-23)31-13-17(14-31)11-21(32)33)24(22(16)18-7-5-4-6-8-18)30-10-9-19(15-30)29(2)3/h4-8,17,19H,9-11,13-15H2,1-3H3,(H,32,33). The number of oxazole rings is 1. The minimum Gasteiger partial charge on any atom is -0.481 e. The second kappa shape index (κ2) is 8.65. The van der Waals surface area contributed by atoms with Crippen LogP contribution in [0.25, 0.3) is 22.2 Å². The van der Waals surface area contributed by atoms with Crippen LogP contribution in [0.4, 0.5) is 11.7 Å². The third-order valence-corrected chi connectivity index (χ3v) is 7.13. The lowest BCUT2D eigenvalue weighted by Crippen LogP contribution is -2.47. The zero-order valence-electron chi connectivity index (χ0n) is 19.8. The summed E-state index contributed by atoms with van der Waals surface area (Å²) in [6.07, 6.45) is 1.19. The van der Waals surface area contributed by atoms with Crippen molar-refractivity contribution in [3.63, 3.8) is 0 Å². The molecule has 0 bridgehead atoms. The van der Waals surface area contributed by atoms with Crippen LogP contribution in [0.5, 0.6) is 0 Å². The van der Waals surface area contributed by atoms with Crippen molar-refractivity contribution in [3.8, 4) is 17.2 Å². The number of carboxylic acids is 1. The molecule has 8 heteroatoms. The predicted octanol–water partition coefficient (Wildman–Crippen LogP) is 3.73. The van der Waals surface area contributed by atoms with Crippen molar-refractivity contribution in [2.24, 2.45) is 5.92 Å². The van der Waals surface area contributed by atoms with Crippen LogP contribution in [-0.4, -0.2) is 67.3 Å². The summed E-state index contributed by atoms with van der Waals surface area (Å²) in [5, 5.41) is 19.2. The number of hydrogen-bond acceptors (Lipinski definition) is 7. The Hall–Kier alpha value is -3.57. The van der Waals surface area contributed by atoms with Gasteiger partial charge < -0.3 is 24.2 Å². The summed E-state index contributed by atoms with van der Waals surface area (Å²) in [6.45, 7) is 4.93. The van der Waals surface area contributed by atoms with Gasteiger partial charge in [0.05, 0.1) is 17.7 Å². The van der Waals surface area contributed by atoms with Gasteiger partial charge in [0.1, 0.15) is 11.6 Å². The fourth-order valence-corrected chi connectivity index (χ4v) is 5.23. The first-order valence-corrected chi connectivity index (χ1v) is 11.7. The molecule has 3 heterocycles. The zero-order chi connectivity index (χ0) is 24.0. The Kier molecular flexibility index (Phi) is 5.66. The average molecular weight is 460 g/mol. The third-order valence-electron chi connectivity index (χ3n) is 7.13. The quantitative estimate of drug-likeness (QED) is 0.596. The van der Waals surface area contributed by atoms with Crippen LogP contribution in [0.1, 0.15) is 24.0 Å². The number of nitrogens with zero attached hydrogens (tertiary/aromatic N) is 5. The molecule has 0 amide bonds. The summed E-state index contributed by atoms with van der Waals surface area (Å²) in [6, 6.07) is 13.4. The summed E-state index contributed by atoms with van der Waals surface area (Å²) in [4.78, 5) is 22.4. The molecule has 1 N–H and O–H groups in total. The number of nitriles is 1. The molecule has 0 spiro atoms. The normalized spacial score (nSPS) is 18.5. The lowest BCUT2D eigenvalue weighted by molar-refractivity contribution is -0.138.